The molecule has 0 unspecified atom stereocenters. The average Bonchev–Trinajstić information content (AvgIpc) is 2.36. The standard InChI is InChI=1S/C9H8O2S/c1-7-8(5-6-12-7)3-2-4-9(10)11/h5-6H,4H2,1H3,(H,10,11). The highest BCUT2D eigenvalue weighted by molar-refractivity contribution is 7.10. The number of carboxylic acids is 1. The lowest BCUT2D eigenvalue weighted by Crippen LogP contribution is -1.90. The minimum Gasteiger partial charge on any atom is -0.481 e. The van der Waals surface area contributed by atoms with E-state index in [0.29, 0.717) is 0 Å². The van der Waals surface area contributed by atoms with Crippen LogP contribution in [0.5, 0.6) is 0 Å². The molecular weight excluding hydrogens is 172 g/mol. The number of rotatable bonds is 1. The van der Waals surface area contributed by atoms with E-state index in [-0.39, 0.29) is 6.42 Å². The first-order valence-electron chi connectivity index (χ1n) is 3.45. The molecule has 0 fully saturated rings. The lowest BCUT2D eigenvalue weighted by atomic mass is 10.2. The minimum atomic E-state index is -0.879. The largest absolute Gasteiger partial charge is 0.481 e. The summed E-state index contributed by atoms with van der Waals surface area (Å²) in [5.41, 5.74) is 0.932. The third kappa shape index (κ3) is 2.40. The van der Waals surface area contributed by atoms with Crippen molar-refractivity contribution in [2.45, 2.75) is 13.3 Å². The van der Waals surface area contributed by atoms with E-state index in [1.54, 1.807) is 11.3 Å². The first kappa shape index (κ1) is 8.82. The van der Waals surface area contributed by atoms with Gasteiger partial charge in [0.2, 0.25) is 0 Å². The summed E-state index contributed by atoms with van der Waals surface area (Å²) in [5.74, 6) is 4.51. The van der Waals surface area contributed by atoms with Crippen molar-refractivity contribution in [2.75, 3.05) is 0 Å². The van der Waals surface area contributed by atoms with Crippen molar-refractivity contribution in [2.24, 2.45) is 0 Å². The Morgan fingerprint density at radius 3 is 3.00 bits per heavy atom. The Kier molecular flexibility index (Phi) is 2.89. The lowest BCUT2D eigenvalue weighted by Gasteiger charge is -1.83. The van der Waals surface area contributed by atoms with E-state index >= 15 is 0 Å². The smallest absolute Gasteiger partial charge is 0.315 e. The summed E-state index contributed by atoms with van der Waals surface area (Å²) in [5, 5.41) is 10.3. The number of hydrogen-bond donors (Lipinski definition) is 1. The molecule has 0 aliphatic rings. The topological polar surface area (TPSA) is 37.3 Å². The van der Waals surface area contributed by atoms with Crippen LogP contribution < -0.4 is 0 Å². The fourth-order valence-corrected chi connectivity index (χ4v) is 1.38. The molecule has 62 valence electrons. The van der Waals surface area contributed by atoms with Crippen LogP contribution in [0.1, 0.15) is 16.9 Å². The second kappa shape index (κ2) is 3.93. The summed E-state index contributed by atoms with van der Waals surface area (Å²) in [6, 6.07) is 1.90. The highest BCUT2D eigenvalue weighted by atomic mass is 32.1. The van der Waals surface area contributed by atoms with Gasteiger partial charge < -0.3 is 5.11 Å². The van der Waals surface area contributed by atoms with Crippen molar-refractivity contribution in [3.63, 3.8) is 0 Å². The molecule has 2 nitrogen and oxygen atoms in total. The highest BCUT2D eigenvalue weighted by Crippen LogP contribution is 2.13. The Morgan fingerprint density at radius 1 is 1.75 bits per heavy atom. The van der Waals surface area contributed by atoms with Gasteiger partial charge in [-0.15, -0.1) is 11.3 Å². The van der Waals surface area contributed by atoms with Gasteiger partial charge >= 0.3 is 5.97 Å². The maximum atomic E-state index is 10.1. The molecule has 1 rings (SSSR count). The zero-order valence-corrected chi connectivity index (χ0v) is 7.44. The van der Waals surface area contributed by atoms with Crippen LogP contribution in [0.4, 0.5) is 0 Å². The van der Waals surface area contributed by atoms with Gasteiger partial charge in [-0.3, -0.25) is 4.79 Å². The Labute approximate surface area is 74.9 Å². The quantitative estimate of drug-likeness (QED) is 0.670. The zero-order chi connectivity index (χ0) is 8.97. The van der Waals surface area contributed by atoms with Gasteiger partial charge in [-0.1, -0.05) is 11.8 Å². The first-order chi connectivity index (χ1) is 5.70. The molecule has 0 aromatic carbocycles. The molecular formula is C9H8O2S. The Hall–Kier alpha value is -1.27. The maximum absolute atomic E-state index is 10.1. The van der Waals surface area contributed by atoms with Gasteiger partial charge in [0.05, 0.1) is 0 Å². The maximum Gasteiger partial charge on any atom is 0.315 e. The van der Waals surface area contributed by atoms with Crippen LogP contribution in [0.25, 0.3) is 0 Å². The summed E-state index contributed by atoms with van der Waals surface area (Å²) < 4.78 is 0. The van der Waals surface area contributed by atoms with E-state index in [2.05, 4.69) is 11.8 Å². The van der Waals surface area contributed by atoms with Crippen LogP contribution in [0, 0.1) is 18.8 Å². The molecule has 0 bridgehead atoms. The average molecular weight is 180 g/mol. The molecule has 1 aromatic heterocycles. The van der Waals surface area contributed by atoms with Crippen molar-refractivity contribution in [3.8, 4) is 11.8 Å². The first-order valence-corrected chi connectivity index (χ1v) is 4.33. The summed E-state index contributed by atoms with van der Waals surface area (Å²) in [6.07, 6.45) is -0.0880. The van der Waals surface area contributed by atoms with Gasteiger partial charge in [-0.2, -0.15) is 0 Å². The molecule has 12 heavy (non-hydrogen) atoms. The predicted molar refractivity (Wildman–Crippen MR) is 48.2 cm³/mol. The van der Waals surface area contributed by atoms with Gasteiger partial charge in [0.1, 0.15) is 6.42 Å². The number of aliphatic carboxylic acids is 1. The minimum absolute atomic E-state index is 0.0880. The zero-order valence-electron chi connectivity index (χ0n) is 6.63. The molecule has 0 aliphatic carbocycles. The fourth-order valence-electron chi connectivity index (χ4n) is 0.730. The van der Waals surface area contributed by atoms with E-state index in [0.717, 1.165) is 10.4 Å². The number of carbonyl (C=O) groups is 1. The molecule has 0 radical (unpaired) electrons. The fraction of sp³-hybridized carbons (Fsp3) is 0.222. The van der Waals surface area contributed by atoms with Gasteiger partial charge in [0, 0.05) is 10.4 Å². The summed E-state index contributed by atoms with van der Waals surface area (Å²) >= 11 is 1.61. The summed E-state index contributed by atoms with van der Waals surface area (Å²) in [7, 11) is 0. The molecule has 1 N–H and O–H groups in total. The van der Waals surface area contributed by atoms with Gasteiger partial charge in [0.25, 0.3) is 0 Å². The number of carboxylic acid groups (broad SMARTS) is 1. The van der Waals surface area contributed by atoms with Crippen molar-refractivity contribution in [1.82, 2.24) is 0 Å². The molecule has 0 atom stereocenters. The van der Waals surface area contributed by atoms with Crippen LogP contribution >= 0.6 is 11.3 Å². The van der Waals surface area contributed by atoms with E-state index in [1.165, 1.54) is 0 Å². The molecule has 0 aliphatic heterocycles. The molecule has 1 heterocycles. The highest BCUT2D eigenvalue weighted by Gasteiger charge is 1.94. The van der Waals surface area contributed by atoms with Crippen LogP contribution in [-0.2, 0) is 4.79 Å². The third-order valence-corrected chi connectivity index (χ3v) is 2.17. The second-order valence-electron chi connectivity index (χ2n) is 2.26. The van der Waals surface area contributed by atoms with Gasteiger partial charge in [-0.25, -0.2) is 0 Å². The monoisotopic (exact) mass is 180 g/mol. The summed E-state index contributed by atoms with van der Waals surface area (Å²) in [6.45, 7) is 1.97. The SMILES string of the molecule is Cc1sccc1C#CCC(=O)O. The number of thiophene rings is 1. The lowest BCUT2D eigenvalue weighted by molar-refractivity contribution is -0.135. The van der Waals surface area contributed by atoms with Crippen molar-refractivity contribution in [3.05, 3.63) is 21.9 Å². The van der Waals surface area contributed by atoms with Crippen molar-refractivity contribution in [1.29, 1.82) is 0 Å². The van der Waals surface area contributed by atoms with Gasteiger partial charge in [0.15, 0.2) is 0 Å². The van der Waals surface area contributed by atoms with E-state index in [1.807, 2.05) is 18.4 Å². The number of hydrogen-bond acceptors (Lipinski definition) is 2. The molecule has 0 spiro atoms. The molecule has 0 saturated carbocycles. The normalized spacial score (nSPS) is 8.75. The Bertz CT molecular complexity index is 341. The van der Waals surface area contributed by atoms with Crippen LogP contribution in [0.2, 0.25) is 0 Å². The van der Waals surface area contributed by atoms with E-state index in [4.69, 9.17) is 5.11 Å². The second-order valence-corrected chi connectivity index (χ2v) is 3.38. The molecule has 0 amide bonds. The third-order valence-electron chi connectivity index (χ3n) is 1.32. The van der Waals surface area contributed by atoms with Gasteiger partial charge in [-0.05, 0) is 18.4 Å². The van der Waals surface area contributed by atoms with Crippen LogP contribution in [-0.4, -0.2) is 11.1 Å². The predicted octanol–water partition coefficient (Wildman–Crippen LogP) is 1.88. The molecule has 0 saturated heterocycles. The van der Waals surface area contributed by atoms with E-state index in [9.17, 15) is 4.79 Å². The Balaban J connectivity index is 2.67. The van der Waals surface area contributed by atoms with E-state index < -0.39 is 5.97 Å². The van der Waals surface area contributed by atoms with Crippen molar-refractivity contribution >= 4 is 17.3 Å². The van der Waals surface area contributed by atoms with Crippen molar-refractivity contribution < 1.29 is 9.90 Å². The van der Waals surface area contributed by atoms with Crippen LogP contribution in [0.3, 0.4) is 0 Å². The summed E-state index contributed by atoms with van der Waals surface area (Å²) in [4.78, 5) is 11.2. The van der Waals surface area contributed by atoms with Crippen LogP contribution in [0.15, 0.2) is 11.4 Å². The molecule has 1 aromatic rings. The Morgan fingerprint density at radius 2 is 2.50 bits per heavy atom. The molecule has 3 heteroatoms. The number of aryl methyl sites for hydroxylation is 1.